The molecule has 0 bridgehead atoms. The number of carbonyl (C=O) groups excluding carboxylic acids is 1. The highest BCUT2D eigenvalue weighted by Gasteiger charge is 2.15. The number of amides is 1. The van der Waals surface area contributed by atoms with E-state index >= 15 is 0 Å². The second-order valence-corrected chi connectivity index (χ2v) is 4.92. The summed E-state index contributed by atoms with van der Waals surface area (Å²) in [6.07, 6.45) is 0. The number of alkyl halides is 1. The van der Waals surface area contributed by atoms with Gasteiger partial charge in [-0.3, -0.25) is 4.79 Å². The van der Waals surface area contributed by atoms with Gasteiger partial charge in [-0.1, -0.05) is 23.4 Å². The third-order valence-electron chi connectivity index (χ3n) is 2.72. The number of benzene rings is 1. The molecule has 0 saturated carbocycles. The van der Waals surface area contributed by atoms with Gasteiger partial charge < -0.3 is 14.6 Å². The van der Waals surface area contributed by atoms with Crippen LogP contribution in [0.3, 0.4) is 0 Å². The maximum absolute atomic E-state index is 12.1. The Morgan fingerprint density at radius 2 is 2.25 bits per heavy atom. The number of carbonyl (C=O) groups is 1. The zero-order valence-electron chi connectivity index (χ0n) is 11.2. The molecule has 1 atom stereocenters. The normalized spacial score (nSPS) is 12.2. The summed E-state index contributed by atoms with van der Waals surface area (Å²) < 4.78 is 9.89. The summed E-state index contributed by atoms with van der Waals surface area (Å²) in [6.45, 7) is 2.12. The Labute approximate surface area is 121 Å². The molecule has 1 aromatic heterocycles. The van der Waals surface area contributed by atoms with Crippen LogP contribution >= 0.6 is 11.6 Å². The molecule has 1 heterocycles. The molecular formula is C14H15ClN2O3. The fraction of sp³-hybridized carbons (Fsp3) is 0.286. The summed E-state index contributed by atoms with van der Waals surface area (Å²) in [5.41, 5.74) is 1.72. The fourth-order valence-corrected chi connectivity index (χ4v) is 1.96. The van der Waals surface area contributed by atoms with E-state index in [4.69, 9.17) is 20.9 Å². The lowest BCUT2D eigenvalue weighted by Crippen LogP contribution is -2.13. The summed E-state index contributed by atoms with van der Waals surface area (Å²) in [5, 5.41) is 6.28. The van der Waals surface area contributed by atoms with E-state index in [1.807, 2.05) is 25.1 Å². The Kier molecular flexibility index (Phi) is 4.76. The van der Waals surface area contributed by atoms with E-state index in [1.54, 1.807) is 19.2 Å². The van der Waals surface area contributed by atoms with Crippen LogP contribution in [-0.4, -0.2) is 18.2 Å². The number of anilines is 1. The summed E-state index contributed by atoms with van der Waals surface area (Å²) in [4.78, 5) is 12.1. The van der Waals surface area contributed by atoms with Crippen molar-refractivity contribution in [1.82, 2.24) is 5.16 Å². The topological polar surface area (TPSA) is 64.4 Å². The molecule has 2 aromatic rings. The van der Waals surface area contributed by atoms with Crippen molar-refractivity contribution in [2.75, 3.05) is 12.4 Å². The smallest absolute Gasteiger partial charge is 0.277 e. The molecule has 5 nitrogen and oxygen atoms in total. The molecular weight excluding hydrogens is 280 g/mol. The van der Waals surface area contributed by atoms with Gasteiger partial charge in [0.1, 0.15) is 6.61 Å². The Balaban J connectivity index is 2.15. The first-order chi connectivity index (χ1) is 9.61. The standard InChI is InChI=1S/C14H15ClN2O3/c1-9(15)11-5-3-4-6-12(11)16-14(18)13-7-10(8-19-2)20-17-13/h3-7,9H,8H2,1-2H3,(H,16,18). The van der Waals surface area contributed by atoms with Crippen molar-refractivity contribution in [1.29, 1.82) is 0 Å². The van der Waals surface area contributed by atoms with E-state index in [-0.39, 0.29) is 23.6 Å². The number of rotatable bonds is 5. The first kappa shape index (κ1) is 14.6. The highest BCUT2D eigenvalue weighted by molar-refractivity contribution is 6.21. The largest absolute Gasteiger partial charge is 0.377 e. The first-order valence-corrected chi connectivity index (χ1v) is 6.54. The Hall–Kier alpha value is -1.85. The van der Waals surface area contributed by atoms with Gasteiger partial charge in [0.25, 0.3) is 5.91 Å². The van der Waals surface area contributed by atoms with Crippen LogP contribution in [-0.2, 0) is 11.3 Å². The summed E-state index contributed by atoms with van der Waals surface area (Å²) in [6, 6.07) is 8.91. The molecule has 1 aromatic carbocycles. The lowest BCUT2D eigenvalue weighted by Gasteiger charge is -2.11. The van der Waals surface area contributed by atoms with E-state index in [0.717, 1.165) is 5.56 Å². The predicted molar refractivity (Wildman–Crippen MR) is 75.9 cm³/mol. The molecule has 20 heavy (non-hydrogen) atoms. The van der Waals surface area contributed by atoms with Gasteiger partial charge in [-0.2, -0.15) is 0 Å². The van der Waals surface area contributed by atoms with E-state index in [0.29, 0.717) is 11.4 Å². The molecule has 0 spiro atoms. The molecule has 0 aliphatic heterocycles. The minimum atomic E-state index is -0.346. The minimum Gasteiger partial charge on any atom is -0.377 e. The van der Waals surface area contributed by atoms with Crippen molar-refractivity contribution in [2.45, 2.75) is 18.9 Å². The van der Waals surface area contributed by atoms with Crippen LogP contribution in [0.2, 0.25) is 0 Å². The van der Waals surface area contributed by atoms with Crippen LogP contribution in [0.1, 0.15) is 34.1 Å². The minimum absolute atomic E-state index is 0.201. The van der Waals surface area contributed by atoms with Gasteiger partial charge in [-0.05, 0) is 18.6 Å². The van der Waals surface area contributed by atoms with Crippen molar-refractivity contribution >= 4 is 23.2 Å². The van der Waals surface area contributed by atoms with E-state index in [9.17, 15) is 4.79 Å². The van der Waals surface area contributed by atoms with Crippen LogP contribution < -0.4 is 5.32 Å². The summed E-state index contributed by atoms with van der Waals surface area (Å²) in [7, 11) is 1.54. The van der Waals surface area contributed by atoms with E-state index in [1.165, 1.54) is 0 Å². The highest BCUT2D eigenvalue weighted by atomic mass is 35.5. The van der Waals surface area contributed by atoms with Crippen molar-refractivity contribution in [3.05, 3.63) is 47.3 Å². The molecule has 0 saturated heterocycles. The number of halogens is 1. The van der Waals surface area contributed by atoms with Gasteiger partial charge in [0, 0.05) is 18.9 Å². The van der Waals surface area contributed by atoms with Gasteiger partial charge in [0.15, 0.2) is 11.5 Å². The average molecular weight is 295 g/mol. The predicted octanol–water partition coefficient (Wildman–Crippen LogP) is 3.37. The van der Waals surface area contributed by atoms with Crippen molar-refractivity contribution < 1.29 is 14.1 Å². The van der Waals surface area contributed by atoms with Gasteiger partial charge in [0.05, 0.1) is 5.38 Å². The number of aromatic nitrogens is 1. The Bertz CT molecular complexity index is 596. The van der Waals surface area contributed by atoms with Crippen molar-refractivity contribution in [2.24, 2.45) is 0 Å². The third-order valence-corrected chi connectivity index (χ3v) is 2.95. The second kappa shape index (κ2) is 6.54. The number of para-hydroxylation sites is 1. The van der Waals surface area contributed by atoms with Gasteiger partial charge in [-0.25, -0.2) is 0 Å². The van der Waals surface area contributed by atoms with E-state index < -0.39 is 0 Å². The summed E-state index contributed by atoms with van der Waals surface area (Å²) in [5.74, 6) is 0.150. The molecule has 0 aliphatic carbocycles. The van der Waals surface area contributed by atoms with Gasteiger partial charge in [-0.15, -0.1) is 11.6 Å². The molecule has 0 radical (unpaired) electrons. The number of hydrogen-bond acceptors (Lipinski definition) is 4. The van der Waals surface area contributed by atoms with Crippen molar-refractivity contribution in [3.8, 4) is 0 Å². The number of ether oxygens (including phenoxy) is 1. The number of nitrogens with zero attached hydrogens (tertiary/aromatic N) is 1. The highest BCUT2D eigenvalue weighted by Crippen LogP contribution is 2.27. The molecule has 106 valence electrons. The molecule has 0 aliphatic rings. The second-order valence-electron chi connectivity index (χ2n) is 4.27. The molecule has 6 heteroatoms. The molecule has 1 amide bonds. The van der Waals surface area contributed by atoms with Crippen molar-refractivity contribution in [3.63, 3.8) is 0 Å². The maximum atomic E-state index is 12.1. The number of methoxy groups -OCH3 is 1. The quantitative estimate of drug-likeness (QED) is 0.859. The SMILES string of the molecule is COCc1cc(C(=O)Nc2ccccc2C(C)Cl)no1. The zero-order valence-corrected chi connectivity index (χ0v) is 12.0. The molecule has 2 rings (SSSR count). The maximum Gasteiger partial charge on any atom is 0.277 e. The Morgan fingerprint density at radius 1 is 1.50 bits per heavy atom. The van der Waals surface area contributed by atoms with Crippen LogP contribution in [0.15, 0.2) is 34.9 Å². The average Bonchev–Trinajstić information content (AvgIpc) is 2.88. The first-order valence-electron chi connectivity index (χ1n) is 6.10. The van der Waals surface area contributed by atoms with Crippen LogP contribution in [0.25, 0.3) is 0 Å². The number of nitrogens with one attached hydrogen (secondary N) is 1. The van der Waals surface area contributed by atoms with Crippen LogP contribution in [0.4, 0.5) is 5.69 Å². The molecule has 1 N–H and O–H groups in total. The van der Waals surface area contributed by atoms with Gasteiger partial charge in [0.2, 0.25) is 0 Å². The van der Waals surface area contributed by atoms with E-state index in [2.05, 4.69) is 10.5 Å². The lowest BCUT2D eigenvalue weighted by atomic mass is 10.1. The molecule has 1 unspecified atom stereocenters. The Morgan fingerprint density at radius 3 is 2.95 bits per heavy atom. The van der Waals surface area contributed by atoms with Gasteiger partial charge >= 0.3 is 0 Å². The van der Waals surface area contributed by atoms with Crippen LogP contribution in [0, 0.1) is 0 Å². The zero-order chi connectivity index (χ0) is 14.5. The lowest BCUT2D eigenvalue weighted by molar-refractivity contribution is 0.101. The molecule has 0 fully saturated rings. The monoisotopic (exact) mass is 294 g/mol. The van der Waals surface area contributed by atoms with Crippen LogP contribution in [0.5, 0.6) is 0 Å². The summed E-state index contributed by atoms with van der Waals surface area (Å²) >= 11 is 6.08. The number of hydrogen-bond donors (Lipinski definition) is 1. The fourth-order valence-electron chi connectivity index (χ4n) is 1.77. The third kappa shape index (κ3) is 3.37.